The Kier molecular flexibility index (Phi) is 5.69. The van der Waals surface area contributed by atoms with E-state index in [0.29, 0.717) is 32.5 Å². The number of rotatable bonds is 3. The van der Waals surface area contributed by atoms with Crippen molar-refractivity contribution in [1.82, 2.24) is 10.2 Å². The monoisotopic (exact) mass is 344 g/mol. The number of alkyl halides is 3. The topological polar surface area (TPSA) is 58.6 Å². The second kappa shape index (κ2) is 7.55. The number of nitrogens with one attached hydrogen (secondary N) is 1. The number of ether oxygens (including phenoxy) is 1. The number of hydrogen-bond acceptors (Lipinski definition) is 3. The Morgan fingerprint density at radius 2 is 1.96 bits per heavy atom. The van der Waals surface area contributed by atoms with Crippen LogP contribution in [0.1, 0.15) is 28.8 Å². The lowest BCUT2D eigenvalue weighted by atomic mass is 9.97. The van der Waals surface area contributed by atoms with E-state index in [1.165, 1.54) is 19.2 Å². The molecule has 2 rings (SSSR count). The third kappa shape index (κ3) is 4.62. The fourth-order valence-corrected chi connectivity index (χ4v) is 2.62. The fourth-order valence-electron chi connectivity index (χ4n) is 2.62. The third-order valence-corrected chi connectivity index (χ3v) is 4.05. The highest BCUT2D eigenvalue weighted by molar-refractivity contribution is 5.94. The molecule has 0 atom stereocenters. The van der Waals surface area contributed by atoms with Crippen molar-refractivity contribution in [2.45, 2.75) is 19.0 Å². The van der Waals surface area contributed by atoms with Gasteiger partial charge in [-0.05, 0) is 37.0 Å². The number of carbonyl (C=O) groups is 2. The van der Waals surface area contributed by atoms with Crippen molar-refractivity contribution in [3.63, 3.8) is 0 Å². The van der Waals surface area contributed by atoms with Crippen LogP contribution in [-0.4, -0.2) is 43.6 Å². The maximum Gasteiger partial charge on any atom is 0.416 e. The SMILES string of the molecule is COC(=O)N1CCC(CNC(=O)c2cccc(C(F)(F)F)c2)CC1. The number of carbonyl (C=O) groups excluding carboxylic acids is 2. The molecule has 1 aliphatic rings. The highest BCUT2D eigenvalue weighted by Crippen LogP contribution is 2.29. The molecule has 0 bridgehead atoms. The van der Waals surface area contributed by atoms with Crippen LogP contribution < -0.4 is 5.32 Å². The average molecular weight is 344 g/mol. The van der Waals surface area contributed by atoms with Crippen molar-refractivity contribution in [3.05, 3.63) is 35.4 Å². The molecule has 0 unspecified atom stereocenters. The van der Waals surface area contributed by atoms with Crippen molar-refractivity contribution < 1.29 is 27.5 Å². The van der Waals surface area contributed by atoms with E-state index in [-0.39, 0.29) is 17.6 Å². The Morgan fingerprint density at radius 3 is 2.54 bits per heavy atom. The van der Waals surface area contributed by atoms with Crippen LogP contribution in [0.25, 0.3) is 0 Å². The van der Waals surface area contributed by atoms with Crippen molar-refractivity contribution in [3.8, 4) is 0 Å². The smallest absolute Gasteiger partial charge is 0.416 e. The number of hydrogen-bond donors (Lipinski definition) is 1. The van der Waals surface area contributed by atoms with Crippen LogP contribution in [0.5, 0.6) is 0 Å². The van der Waals surface area contributed by atoms with Gasteiger partial charge in [-0.1, -0.05) is 6.07 Å². The van der Waals surface area contributed by atoms with Crippen LogP contribution in [0, 0.1) is 5.92 Å². The molecule has 2 amide bonds. The van der Waals surface area contributed by atoms with Gasteiger partial charge in [-0.15, -0.1) is 0 Å². The Morgan fingerprint density at radius 1 is 1.29 bits per heavy atom. The van der Waals surface area contributed by atoms with Gasteiger partial charge >= 0.3 is 12.3 Å². The van der Waals surface area contributed by atoms with Gasteiger partial charge in [0.2, 0.25) is 0 Å². The molecule has 1 N–H and O–H groups in total. The maximum absolute atomic E-state index is 12.7. The molecule has 1 aromatic rings. The van der Waals surface area contributed by atoms with Crippen LogP contribution in [0.3, 0.4) is 0 Å². The summed E-state index contributed by atoms with van der Waals surface area (Å²) in [5, 5.41) is 2.66. The van der Waals surface area contributed by atoms with Crippen LogP contribution in [0.2, 0.25) is 0 Å². The normalized spacial score (nSPS) is 15.9. The van der Waals surface area contributed by atoms with Gasteiger partial charge in [0, 0.05) is 25.2 Å². The number of methoxy groups -OCH3 is 1. The molecule has 0 saturated carbocycles. The van der Waals surface area contributed by atoms with Gasteiger partial charge in [0.15, 0.2) is 0 Å². The van der Waals surface area contributed by atoms with Gasteiger partial charge in [-0.25, -0.2) is 4.79 Å². The summed E-state index contributed by atoms with van der Waals surface area (Å²) >= 11 is 0. The molecule has 0 aliphatic carbocycles. The molecule has 0 radical (unpaired) electrons. The van der Waals surface area contributed by atoms with Crippen LogP contribution in [0.4, 0.5) is 18.0 Å². The molecule has 1 heterocycles. The summed E-state index contributed by atoms with van der Waals surface area (Å²) in [6.07, 6.45) is -3.44. The molecule has 5 nitrogen and oxygen atoms in total. The first kappa shape index (κ1) is 18.1. The van der Waals surface area contributed by atoms with Gasteiger partial charge in [0.05, 0.1) is 12.7 Å². The molecule has 0 aromatic heterocycles. The predicted octanol–water partition coefficient (Wildman–Crippen LogP) is 2.91. The summed E-state index contributed by atoms with van der Waals surface area (Å²) in [6, 6.07) is 4.34. The lowest BCUT2D eigenvalue weighted by Crippen LogP contribution is -2.41. The second-order valence-electron chi connectivity index (χ2n) is 5.69. The highest BCUT2D eigenvalue weighted by atomic mass is 19.4. The summed E-state index contributed by atoms with van der Waals surface area (Å²) in [5.41, 5.74) is -0.863. The Balaban J connectivity index is 1.85. The minimum atomic E-state index is -4.48. The first-order valence-electron chi connectivity index (χ1n) is 7.59. The van der Waals surface area contributed by atoms with E-state index in [1.54, 1.807) is 4.90 Å². The molecular weight excluding hydrogens is 325 g/mol. The Labute approximate surface area is 137 Å². The number of piperidine rings is 1. The molecule has 1 saturated heterocycles. The van der Waals surface area contributed by atoms with Crippen molar-refractivity contribution >= 4 is 12.0 Å². The second-order valence-corrected chi connectivity index (χ2v) is 5.69. The van der Waals surface area contributed by atoms with E-state index in [2.05, 4.69) is 10.1 Å². The number of likely N-dealkylation sites (tertiary alicyclic amines) is 1. The Hall–Kier alpha value is -2.25. The van der Waals surface area contributed by atoms with E-state index < -0.39 is 17.6 Å². The largest absolute Gasteiger partial charge is 0.453 e. The number of nitrogens with zero attached hydrogens (tertiary/aromatic N) is 1. The van der Waals surface area contributed by atoms with E-state index in [4.69, 9.17) is 0 Å². The van der Waals surface area contributed by atoms with Gasteiger partial charge in [0.25, 0.3) is 5.91 Å². The van der Waals surface area contributed by atoms with Gasteiger partial charge in [-0.3, -0.25) is 4.79 Å². The molecule has 1 aliphatic heterocycles. The molecule has 0 spiro atoms. The van der Waals surface area contributed by atoms with E-state index >= 15 is 0 Å². The summed E-state index contributed by atoms with van der Waals surface area (Å²) in [5.74, 6) is -0.350. The minimum absolute atomic E-state index is 0.0168. The van der Waals surface area contributed by atoms with Crippen molar-refractivity contribution in [2.24, 2.45) is 5.92 Å². The zero-order chi connectivity index (χ0) is 17.7. The van der Waals surface area contributed by atoms with Crippen LogP contribution in [-0.2, 0) is 10.9 Å². The molecular formula is C16H19F3N2O3. The van der Waals surface area contributed by atoms with E-state index in [0.717, 1.165) is 12.1 Å². The van der Waals surface area contributed by atoms with E-state index in [9.17, 15) is 22.8 Å². The summed E-state index contributed by atoms with van der Waals surface area (Å²) in [4.78, 5) is 25.0. The highest BCUT2D eigenvalue weighted by Gasteiger charge is 2.31. The zero-order valence-corrected chi connectivity index (χ0v) is 13.2. The third-order valence-electron chi connectivity index (χ3n) is 4.05. The fraction of sp³-hybridized carbons (Fsp3) is 0.500. The zero-order valence-electron chi connectivity index (χ0n) is 13.2. The lowest BCUT2D eigenvalue weighted by molar-refractivity contribution is -0.137. The lowest BCUT2D eigenvalue weighted by Gasteiger charge is -2.30. The molecule has 24 heavy (non-hydrogen) atoms. The summed E-state index contributed by atoms with van der Waals surface area (Å²) < 4.78 is 42.6. The molecule has 8 heteroatoms. The standard InChI is InChI=1S/C16H19F3N2O3/c1-24-15(23)21-7-5-11(6-8-21)10-20-14(22)12-3-2-4-13(9-12)16(17,18)19/h2-4,9,11H,5-8,10H2,1H3,(H,20,22). The van der Waals surface area contributed by atoms with Crippen molar-refractivity contribution in [1.29, 1.82) is 0 Å². The molecule has 132 valence electrons. The predicted molar refractivity (Wildman–Crippen MR) is 80.5 cm³/mol. The minimum Gasteiger partial charge on any atom is -0.453 e. The Bertz CT molecular complexity index is 596. The summed E-state index contributed by atoms with van der Waals surface area (Å²) in [6.45, 7) is 1.44. The van der Waals surface area contributed by atoms with Crippen LogP contribution in [0.15, 0.2) is 24.3 Å². The van der Waals surface area contributed by atoms with Gasteiger partial charge in [-0.2, -0.15) is 13.2 Å². The van der Waals surface area contributed by atoms with Crippen LogP contribution >= 0.6 is 0 Å². The molecule has 1 fully saturated rings. The van der Waals surface area contributed by atoms with Crippen molar-refractivity contribution in [2.75, 3.05) is 26.7 Å². The quantitative estimate of drug-likeness (QED) is 0.917. The summed E-state index contributed by atoms with van der Waals surface area (Å²) in [7, 11) is 1.32. The number of halogens is 3. The maximum atomic E-state index is 12.7. The number of amides is 2. The van der Waals surface area contributed by atoms with Gasteiger partial charge in [0.1, 0.15) is 0 Å². The van der Waals surface area contributed by atoms with E-state index in [1.807, 2.05) is 0 Å². The first-order valence-corrected chi connectivity index (χ1v) is 7.59. The van der Waals surface area contributed by atoms with Gasteiger partial charge < -0.3 is 15.0 Å². The number of benzene rings is 1. The first-order chi connectivity index (χ1) is 11.3. The average Bonchev–Trinajstić information content (AvgIpc) is 2.58. The molecule has 1 aromatic carbocycles.